The van der Waals surface area contributed by atoms with Gasteiger partial charge in [-0.3, -0.25) is 4.98 Å². The van der Waals surface area contributed by atoms with E-state index in [4.69, 9.17) is 0 Å². The van der Waals surface area contributed by atoms with Crippen molar-refractivity contribution < 1.29 is 30.8 Å². The Hall–Kier alpha value is -3.47. The Labute approximate surface area is 187 Å². The van der Waals surface area contributed by atoms with Crippen LogP contribution in [-0.4, -0.2) is 25.7 Å². The van der Waals surface area contributed by atoms with Crippen molar-refractivity contribution in [2.24, 2.45) is 0 Å². The number of sulfone groups is 1. The molecule has 0 radical (unpaired) electrons. The number of rotatable bonds is 6. The maximum absolute atomic E-state index is 13.6. The first kappa shape index (κ1) is 24.2. The number of hydrogen-bond acceptors (Lipinski definition) is 4. The van der Waals surface area contributed by atoms with Crippen LogP contribution in [-0.2, 0) is 22.7 Å². The van der Waals surface area contributed by atoms with Gasteiger partial charge in [-0.2, -0.15) is 13.2 Å². The van der Waals surface area contributed by atoms with Crippen LogP contribution >= 0.6 is 0 Å². The van der Waals surface area contributed by atoms with Gasteiger partial charge in [-0.15, -0.1) is 0 Å². The number of pyridine rings is 1. The molecule has 0 aliphatic rings. The fourth-order valence-corrected chi connectivity index (χ4v) is 3.77. The Morgan fingerprint density at radius 1 is 1.06 bits per heavy atom. The van der Waals surface area contributed by atoms with Crippen molar-refractivity contribution in [2.45, 2.75) is 23.8 Å². The highest BCUT2D eigenvalue weighted by Gasteiger charge is 2.37. The van der Waals surface area contributed by atoms with E-state index in [2.05, 4.69) is 15.6 Å². The average Bonchev–Trinajstić information content (AvgIpc) is 2.76. The smallest absolute Gasteiger partial charge is 0.325 e. The second-order valence-corrected chi connectivity index (χ2v) is 9.16. The zero-order chi connectivity index (χ0) is 24.2. The number of alkyl halides is 4. The molecule has 0 saturated heterocycles. The van der Waals surface area contributed by atoms with Gasteiger partial charge in [0, 0.05) is 18.1 Å². The van der Waals surface area contributed by atoms with Crippen LogP contribution in [0.2, 0.25) is 0 Å². The Balaban J connectivity index is 1.97. The third kappa shape index (κ3) is 6.07. The minimum atomic E-state index is -4.73. The number of nitrogens with one attached hydrogen (secondary N) is 2. The van der Waals surface area contributed by atoms with Gasteiger partial charge in [-0.1, -0.05) is 30.3 Å². The molecular formula is C22H19F4N3O3S. The van der Waals surface area contributed by atoms with E-state index in [0.29, 0.717) is 5.56 Å². The van der Waals surface area contributed by atoms with Crippen LogP contribution < -0.4 is 10.6 Å². The van der Waals surface area contributed by atoms with Crippen molar-refractivity contribution in [3.63, 3.8) is 0 Å². The van der Waals surface area contributed by atoms with Crippen LogP contribution in [0.5, 0.6) is 0 Å². The molecule has 0 saturated carbocycles. The maximum atomic E-state index is 13.6. The molecule has 2 N–H and O–H groups in total. The van der Waals surface area contributed by atoms with E-state index in [9.17, 15) is 30.8 Å². The summed E-state index contributed by atoms with van der Waals surface area (Å²) >= 11 is 0. The molecule has 0 fully saturated rings. The highest BCUT2D eigenvalue weighted by molar-refractivity contribution is 7.90. The van der Waals surface area contributed by atoms with E-state index in [1.807, 2.05) is 0 Å². The summed E-state index contributed by atoms with van der Waals surface area (Å²) in [4.78, 5) is 16.5. The number of carbonyl (C=O) groups is 1. The van der Waals surface area contributed by atoms with Crippen molar-refractivity contribution in [3.8, 4) is 0 Å². The van der Waals surface area contributed by atoms with Gasteiger partial charge >= 0.3 is 12.2 Å². The molecule has 3 aromatic rings. The Morgan fingerprint density at radius 2 is 1.76 bits per heavy atom. The number of anilines is 1. The van der Waals surface area contributed by atoms with Gasteiger partial charge in [0.25, 0.3) is 0 Å². The molecule has 11 heteroatoms. The molecule has 0 aliphatic carbocycles. The molecule has 1 aromatic heterocycles. The quantitative estimate of drug-likeness (QED) is 0.491. The molecule has 2 aromatic carbocycles. The summed E-state index contributed by atoms with van der Waals surface area (Å²) in [6, 6.07) is 10.8. The van der Waals surface area contributed by atoms with Crippen LogP contribution in [0, 0.1) is 0 Å². The minimum absolute atomic E-state index is 0.0391. The summed E-state index contributed by atoms with van der Waals surface area (Å²) in [5.74, 6) is 0. The largest absolute Gasteiger partial charge is 0.418 e. The van der Waals surface area contributed by atoms with E-state index in [1.165, 1.54) is 54.7 Å². The van der Waals surface area contributed by atoms with Gasteiger partial charge in [0.2, 0.25) is 0 Å². The number of nitrogens with zero attached hydrogens (tertiary/aromatic N) is 1. The van der Waals surface area contributed by atoms with E-state index < -0.39 is 46.0 Å². The van der Waals surface area contributed by atoms with E-state index in [1.54, 1.807) is 0 Å². The van der Waals surface area contributed by atoms with Crippen molar-refractivity contribution in [3.05, 3.63) is 89.2 Å². The van der Waals surface area contributed by atoms with Crippen LogP contribution in [0.3, 0.4) is 0 Å². The first-order valence-corrected chi connectivity index (χ1v) is 11.4. The predicted octanol–water partition coefficient (Wildman–Crippen LogP) is 4.88. The number of carbonyl (C=O) groups excluding carboxylic acids is 1. The molecule has 6 nitrogen and oxygen atoms in total. The molecule has 0 unspecified atom stereocenters. The fourth-order valence-electron chi connectivity index (χ4n) is 3.10. The number of aromatic nitrogens is 1. The summed E-state index contributed by atoms with van der Waals surface area (Å²) in [6.45, 7) is -0.757. The Bertz CT molecular complexity index is 1250. The summed E-state index contributed by atoms with van der Waals surface area (Å²) in [7, 11) is -3.54. The molecule has 1 atom stereocenters. The Morgan fingerprint density at radius 3 is 2.36 bits per heavy atom. The van der Waals surface area contributed by atoms with Gasteiger partial charge in [-0.25, -0.2) is 17.6 Å². The highest BCUT2D eigenvalue weighted by atomic mass is 32.2. The number of hydrogen-bond donors (Lipinski definition) is 2. The monoisotopic (exact) mass is 481 g/mol. The van der Waals surface area contributed by atoms with Crippen LogP contribution in [0.4, 0.5) is 28.0 Å². The van der Waals surface area contributed by atoms with Crippen LogP contribution in [0.25, 0.3) is 0 Å². The van der Waals surface area contributed by atoms with E-state index >= 15 is 0 Å². The molecule has 0 aliphatic heterocycles. The second kappa shape index (κ2) is 9.57. The van der Waals surface area contributed by atoms with Gasteiger partial charge in [-0.05, 0) is 41.5 Å². The lowest BCUT2D eigenvalue weighted by atomic mass is 9.98. The molecular weight excluding hydrogens is 462 g/mol. The SMILES string of the molecule is CS(=O)(=O)c1cccc(NC(=O)N[C@@H](c2ccc(CF)cc2)c2ncccc2C(F)(F)F)c1. The van der Waals surface area contributed by atoms with E-state index in [-0.39, 0.29) is 16.1 Å². The van der Waals surface area contributed by atoms with Crippen molar-refractivity contribution in [1.29, 1.82) is 0 Å². The number of amides is 2. The van der Waals surface area contributed by atoms with Crippen molar-refractivity contribution in [2.75, 3.05) is 11.6 Å². The summed E-state index contributed by atoms with van der Waals surface area (Å²) in [5, 5.41) is 4.87. The highest BCUT2D eigenvalue weighted by Crippen LogP contribution is 2.35. The zero-order valence-electron chi connectivity index (χ0n) is 17.2. The van der Waals surface area contributed by atoms with Gasteiger partial charge in [0.05, 0.1) is 22.2 Å². The number of halogens is 4. The van der Waals surface area contributed by atoms with Crippen LogP contribution in [0.15, 0.2) is 71.8 Å². The zero-order valence-corrected chi connectivity index (χ0v) is 18.0. The third-order valence-corrected chi connectivity index (χ3v) is 5.79. The van der Waals surface area contributed by atoms with Crippen molar-refractivity contribution in [1.82, 2.24) is 10.3 Å². The molecule has 2 amide bonds. The molecule has 1 heterocycles. The minimum Gasteiger partial charge on any atom is -0.325 e. The first-order valence-electron chi connectivity index (χ1n) is 9.53. The number of benzene rings is 2. The maximum Gasteiger partial charge on any atom is 0.418 e. The van der Waals surface area contributed by atoms with Crippen LogP contribution in [0.1, 0.15) is 28.4 Å². The molecule has 0 spiro atoms. The lowest BCUT2D eigenvalue weighted by Gasteiger charge is -2.23. The number of urea groups is 1. The Kier molecular flexibility index (Phi) is 7.01. The van der Waals surface area contributed by atoms with E-state index in [0.717, 1.165) is 18.4 Å². The van der Waals surface area contributed by atoms with Gasteiger partial charge in [0.15, 0.2) is 9.84 Å². The standard InChI is InChI=1S/C22H19F4N3O3S/c1-33(31,32)17-5-2-4-16(12-17)28-21(30)29-19(15-9-7-14(13-23)8-10-15)20-18(22(24,25)26)6-3-11-27-20/h2-12,19H,13H2,1H3,(H2,28,29,30)/t19-/m0/s1. The fraction of sp³-hybridized carbons (Fsp3) is 0.182. The first-order chi connectivity index (χ1) is 15.5. The normalized spacial score (nSPS) is 12.8. The van der Waals surface area contributed by atoms with Crippen molar-refractivity contribution >= 4 is 21.6 Å². The molecule has 174 valence electrons. The van der Waals surface area contributed by atoms with Gasteiger partial charge < -0.3 is 10.6 Å². The topological polar surface area (TPSA) is 88.2 Å². The third-order valence-electron chi connectivity index (χ3n) is 4.68. The van der Waals surface area contributed by atoms with Gasteiger partial charge in [0.1, 0.15) is 6.67 Å². The molecule has 33 heavy (non-hydrogen) atoms. The summed E-state index contributed by atoms with van der Waals surface area (Å²) in [5.41, 5.74) is -0.797. The lowest BCUT2D eigenvalue weighted by Crippen LogP contribution is -2.35. The summed E-state index contributed by atoms with van der Waals surface area (Å²) < 4.78 is 77.2. The second-order valence-electron chi connectivity index (χ2n) is 7.14. The summed E-state index contributed by atoms with van der Waals surface area (Å²) in [6.07, 6.45) is -2.56. The average molecular weight is 481 g/mol. The molecule has 3 rings (SSSR count). The lowest BCUT2D eigenvalue weighted by molar-refractivity contribution is -0.138. The molecule has 0 bridgehead atoms. The predicted molar refractivity (Wildman–Crippen MR) is 114 cm³/mol.